The van der Waals surface area contributed by atoms with Crippen LogP contribution in [-0.2, 0) is 16.0 Å². The van der Waals surface area contributed by atoms with Gasteiger partial charge < -0.3 is 20.1 Å². The Morgan fingerprint density at radius 1 is 1.23 bits per heavy atom. The number of piperazine rings is 1. The molecule has 0 radical (unpaired) electrons. The van der Waals surface area contributed by atoms with Crippen LogP contribution in [0.2, 0.25) is 0 Å². The Kier molecular flexibility index (Phi) is 6.91. The first kappa shape index (κ1) is 22.4. The normalized spacial score (nSPS) is 20.5. The molecule has 0 aromatic heterocycles. The SMILES string of the molecule is CCC[C@@H](C(=O)N[C@@H]1CCc2c(O)cccc21)N1CCN(C(=O)OC(C)(C)C)CC1. The number of rotatable bonds is 5. The quantitative estimate of drug-likeness (QED) is 0.769. The minimum atomic E-state index is -0.509. The second-order valence-electron chi connectivity index (χ2n) is 9.25. The number of phenols is 1. The number of carbonyl (C=O) groups excluding carboxylic acids is 2. The Labute approximate surface area is 179 Å². The van der Waals surface area contributed by atoms with Crippen molar-refractivity contribution in [3.8, 4) is 5.75 Å². The highest BCUT2D eigenvalue weighted by molar-refractivity contribution is 5.82. The van der Waals surface area contributed by atoms with E-state index in [1.54, 1.807) is 11.0 Å². The lowest BCUT2D eigenvalue weighted by atomic mass is 10.0. The fourth-order valence-electron chi connectivity index (χ4n) is 4.35. The number of nitrogens with one attached hydrogen (secondary N) is 1. The Balaban J connectivity index is 1.60. The van der Waals surface area contributed by atoms with Crippen LogP contribution in [0, 0.1) is 0 Å². The minimum Gasteiger partial charge on any atom is -0.508 e. The van der Waals surface area contributed by atoms with Crippen LogP contribution in [0.4, 0.5) is 4.79 Å². The number of amides is 2. The summed E-state index contributed by atoms with van der Waals surface area (Å²) in [5.41, 5.74) is 1.46. The van der Waals surface area contributed by atoms with Crippen molar-refractivity contribution in [3.05, 3.63) is 29.3 Å². The molecule has 0 spiro atoms. The highest BCUT2D eigenvalue weighted by Crippen LogP contribution is 2.36. The molecule has 0 saturated carbocycles. The lowest BCUT2D eigenvalue weighted by Crippen LogP contribution is -2.56. The van der Waals surface area contributed by atoms with E-state index < -0.39 is 5.60 Å². The molecule has 1 aliphatic heterocycles. The summed E-state index contributed by atoms with van der Waals surface area (Å²) in [6.07, 6.45) is 2.98. The van der Waals surface area contributed by atoms with Crippen LogP contribution in [0.1, 0.15) is 64.1 Å². The van der Waals surface area contributed by atoms with E-state index in [0.717, 1.165) is 36.8 Å². The summed E-state index contributed by atoms with van der Waals surface area (Å²) in [5, 5.41) is 13.3. The number of fused-ring (bicyclic) bond motifs is 1. The molecule has 1 aliphatic carbocycles. The van der Waals surface area contributed by atoms with Gasteiger partial charge in [0.15, 0.2) is 0 Å². The Morgan fingerprint density at radius 2 is 1.93 bits per heavy atom. The van der Waals surface area contributed by atoms with E-state index in [4.69, 9.17) is 4.74 Å². The van der Waals surface area contributed by atoms with Crippen LogP contribution in [0.25, 0.3) is 0 Å². The molecule has 1 saturated heterocycles. The summed E-state index contributed by atoms with van der Waals surface area (Å²) < 4.78 is 5.47. The second-order valence-corrected chi connectivity index (χ2v) is 9.25. The molecule has 2 N–H and O–H groups in total. The molecule has 1 aromatic rings. The van der Waals surface area contributed by atoms with Crippen LogP contribution in [0.5, 0.6) is 5.75 Å². The van der Waals surface area contributed by atoms with E-state index in [-0.39, 0.29) is 24.1 Å². The van der Waals surface area contributed by atoms with Gasteiger partial charge in [0, 0.05) is 26.2 Å². The van der Waals surface area contributed by atoms with E-state index >= 15 is 0 Å². The Hall–Kier alpha value is -2.28. The summed E-state index contributed by atoms with van der Waals surface area (Å²) in [6.45, 7) is 10.1. The maximum Gasteiger partial charge on any atom is 0.410 e. The number of carbonyl (C=O) groups is 2. The largest absolute Gasteiger partial charge is 0.508 e. The topological polar surface area (TPSA) is 82.1 Å². The molecule has 3 rings (SSSR count). The van der Waals surface area contributed by atoms with Gasteiger partial charge in [-0.05, 0) is 57.2 Å². The van der Waals surface area contributed by atoms with Crippen molar-refractivity contribution in [3.63, 3.8) is 0 Å². The molecule has 2 atom stereocenters. The molecule has 7 heteroatoms. The molecule has 7 nitrogen and oxygen atoms in total. The summed E-state index contributed by atoms with van der Waals surface area (Å²) in [4.78, 5) is 29.4. The molecule has 2 amide bonds. The predicted octanol–water partition coefficient (Wildman–Crippen LogP) is 3.22. The highest BCUT2D eigenvalue weighted by Gasteiger charge is 2.34. The average molecular weight is 418 g/mol. The van der Waals surface area contributed by atoms with Crippen molar-refractivity contribution in [2.24, 2.45) is 0 Å². The summed E-state index contributed by atoms with van der Waals surface area (Å²) in [7, 11) is 0. The van der Waals surface area contributed by atoms with Crippen molar-refractivity contribution in [1.82, 2.24) is 15.1 Å². The zero-order valence-corrected chi connectivity index (χ0v) is 18.6. The maximum atomic E-state index is 13.2. The van der Waals surface area contributed by atoms with E-state index in [1.165, 1.54) is 0 Å². The molecule has 1 heterocycles. The van der Waals surface area contributed by atoms with Crippen molar-refractivity contribution in [1.29, 1.82) is 0 Å². The number of aromatic hydroxyl groups is 1. The first-order valence-corrected chi connectivity index (χ1v) is 11.0. The van der Waals surface area contributed by atoms with Crippen molar-refractivity contribution in [2.45, 2.75) is 71.1 Å². The molecule has 1 fully saturated rings. The van der Waals surface area contributed by atoms with Gasteiger partial charge in [-0.2, -0.15) is 0 Å². The number of hydrogen-bond acceptors (Lipinski definition) is 5. The fraction of sp³-hybridized carbons (Fsp3) is 0.652. The van der Waals surface area contributed by atoms with Gasteiger partial charge >= 0.3 is 6.09 Å². The molecule has 0 bridgehead atoms. The van der Waals surface area contributed by atoms with Crippen molar-refractivity contribution in [2.75, 3.05) is 26.2 Å². The third-order valence-corrected chi connectivity index (χ3v) is 5.83. The molecular formula is C23H35N3O4. The molecule has 166 valence electrons. The van der Waals surface area contributed by atoms with Gasteiger partial charge in [0.05, 0.1) is 12.1 Å². The summed E-state index contributed by atoms with van der Waals surface area (Å²) in [6, 6.07) is 5.26. The van der Waals surface area contributed by atoms with Crippen LogP contribution < -0.4 is 5.32 Å². The number of ether oxygens (including phenoxy) is 1. The molecule has 30 heavy (non-hydrogen) atoms. The van der Waals surface area contributed by atoms with Crippen molar-refractivity contribution >= 4 is 12.0 Å². The van der Waals surface area contributed by atoms with Gasteiger partial charge in [0.2, 0.25) is 5.91 Å². The number of nitrogens with zero attached hydrogens (tertiary/aromatic N) is 2. The number of phenolic OH excluding ortho intramolecular Hbond substituents is 1. The van der Waals surface area contributed by atoms with E-state index in [1.807, 2.05) is 32.9 Å². The molecule has 0 unspecified atom stereocenters. The lowest BCUT2D eigenvalue weighted by Gasteiger charge is -2.39. The third kappa shape index (κ3) is 5.25. The van der Waals surface area contributed by atoms with Gasteiger partial charge in [-0.3, -0.25) is 9.69 Å². The van der Waals surface area contributed by atoms with Crippen LogP contribution in [0.3, 0.4) is 0 Å². The van der Waals surface area contributed by atoms with Crippen molar-refractivity contribution < 1.29 is 19.4 Å². The molecular weight excluding hydrogens is 382 g/mol. The summed E-state index contributed by atoms with van der Waals surface area (Å²) in [5.74, 6) is 0.344. The molecule has 2 aliphatic rings. The van der Waals surface area contributed by atoms with Gasteiger partial charge in [-0.1, -0.05) is 25.5 Å². The van der Waals surface area contributed by atoms with E-state index in [2.05, 4.69) is 17.1 Å². The zero-order valence-electron chi connectivity index (χ0n) is 18.6. The minimum absolute atomic E-state index is 0.0313. The third-order valence-electron chi connectivity index (χ3n) is 5.83. The van der Waals surface area contributed by atoms with Crippen LogP contribution in [-0.4, -0.2) is 64.7 Å². The fourth-order valence-corrected chi connectivity index (χ4v) is 4.35. The highest BCUT2D eigenvalue weighted by atomic mass is 16.6. The average Bonchev–Trinajstić information content (AvgIpc) is 3.09. The van der Waals surface area contributed by atoms with Crippen LogP contribution in [0.15, 0.2) is 18.2 Å². The monoisotopic (exact) mass is 417 g/mol. The second kappa shape index (κ2) is 9.25. The van der Waals surface area contributed by atoms with Gasteiger partial charge in [0.1, 0.15) is 11.4 Å². The Bertz CT molecular complexity index is 766. The zero-order chi connectivity index (χ0) is 21.9. The number of hydrogen-bond donors (Lipinski definition) is 2. The van der Waals surface area contributed by atoms with Gasteiger partial charge in [-0.15, -0.1) is 0 Å². The van der Waals surface area contributed by atoms with E-state index in [0.29, 0.717) is 31.9 Å². The lowest BCUT2D eigenvalue weighted by molar-refractivity contribution is -0.128. The predicted molar refractivity (Wildman–Crippen MR) is 115 cm³/mol. The molecule has 1 aromatic carbocycles. The smallest absolute Gasteiger partial charge is 0.410 e. The van der Waals surface area contributed by atoms with Gasteiger partial charge in [-0.25, -0.2) is 4.79 Å². The van der Waals surface area contributed by atoms with Gasteiger partial charge in [0.25, 0.3) is 0 Å². The van der Waals surface area contributed by atoms with E-state index in [9.17, 15) is 14.7 Å². The maximum absolute atomic E-state index is 13.2. The number of benzene rings is 1. The van der Waals surface area contributed by atoms with Crippen LogP contribution >= 0.6 is 0 Å². The first-order valence-electron chi connectivity index (χ1n) is 11.0. The summed E-state index contributed by atoms with van der Waals surface area (Å²) >= 11 is 0. The standard InChI is InChI=1S/C23H35N3O4/c1-5-7-19(25-12-14-26(15-13-25)22(29)30-23(2,3)4)21(28)24-18-11-10-17-16(18)8-6-9-20(17)27/h6,8-9,18-19,27H,5,7,10-15H2,1-4H3,(H,24,28)/t18-,19+/m1/s1. The Morgan fingerprint density at radius 3 is 2.57 bits per heavy atom. The first-order chi connectivity index (χ1) is 14.2.